The van der Waals surface area contributed by atoms with Gasteiger partial charge in [-0.25, -0.2) is 17.2 Å². The molecule has 224 valence electrons. The van der Waals surface area contributed by atoms with Crippen molar-refractivity contribution in [3.8, 4) is 39.5 Å². The number of ether oxygens (including phenoxy) is 1. The summed E-state index contributed by atoms with van der Waals surface area (Å²) in [6.45, 7) is 0. The maximum Gasteiger partial charge on any atom is 0.255 e. The van der Waals surface area contributed by atoms with Crippen LogP contribution in [0, 0.1) is 11.6 Å². The van der Waals surface area contributed by atoms with Crippen molar-refractivity contribution < 1.29 is 35.6 Å². The van der Waals surface area contributed by atoms with Gasteiger partial charge in [-0.3, -0.25) is 9.10 Å². The van der Waals surface area contributed by atoms with E-state index >= 15 is 0 Å². The first kappa shape index (κ1) is 28.9. The number of anilines is 1. The van der Waals surface area contributed by atoms with Gasteiger partial charge in [0.05, 0.1) is 35.6 Å². The van der Waals surface area contributed by atoms with Crippen LogP contribution in [0.5, 0.6) is 5.75 Å². The Labute approximate surface area is 251 Å². The summed E-state index contributed by atoms with van der Waals surface area (Å²) >= 11 is 0. The zero-order valence-electron chi connectivity index (χ0n) is 24.1. The first-order chi connectivity index (χ1) is 21.0. The lowest BCUT2D eigenvalue weighted by molar-refractivity contribution is 0.0964. The SMILES string of the molecule is CNC(=O)c1c(-c2ccc(F)cc2)oc2cc(N(C)S(C)(=O)=O)c(-c3ccc(OC)c(-c4cc5c(F)cccc5o4)c3)cc12. The molecule has 2 aromatic heterocycles. The maximum atomic E-state index is 14.5. The zero-order chi connectivity index (χ0) is 31.3. The fourth-order valence-electron chi connectivity index (χ4n) is 5.18. The Hall–Kier alpha value is -5.16. The second-order valence-corrected chi connectivity index (χ2v) is 12.2. The van der Waals surface area contributed by atoms with Gasteiger partial charge in [0.2, 0.25) is 10.0 Å². The summed E-state index contributed by atoms with van der Waals surface area (Å²) in [7, 11) is 0.640. The van der Waals surface area contributed by atoms with Crippen molar-refractivity contribution in [1.82, 2.24) is 5.32 Å². The summed E-state index contributed by atoms with van der Waals surface area (Å²) < 4.78 is 72.6. The van der Waals surface area contributed by atoms with E-state index in [1.165, 1.54) is 51.5 Å². The molecule has 0 bridgehead atoms. The molecule has 1 N–H and O–H groups in total. The smallest absolute Gasteiger partial charge is 0.255 e. The van der Waals surface area contributed by atoms with E-state index in [-0.39, 0.29) is 22.6 Å². The molecule has 2 heterocycles. The summed E-state index contributed by atoms with van der Waals surface area (Å²) in [4.78, 5) is 13.2. The molecule has 0 aliphatic rings. The molecule has 1 amide bonds. The summed E-state index contributed by atoms with van der Waals surface area (Å²) in [6, 6.07) is 20.0. The lowest BCUT2D eigenvalue weighted by Gasteiger charge is -2.21. The van der Waals surface area contributed by atoms with E-state index in [9.17, 15) is 22.0 Å². The van der Waals surface area contributed by atoms with Crippen molar-refractivity contribution in [3.05, 3.63) is 96.1 Å². The number of amides is 1. The first-order valence-corrected chi connectivity index (χ1v) is 15.2. The van der Waals surface area contributed by atoms with Gasteiger partial charge < -0.3 is 18.9 Å². The van der Waals surface area contributed by atoms with Crippen LogP contribution >= 0.6 is 0 Å². The third-order valence-corrected chi connectivity index (χ3v) is 8.68. The van der Waals surface area contributed by atoms with Crippen LogP contribution in [0.2, 0.25) is 0 Å². The monoisotopic (exact) mass is 616 g/mol. The molecular formula is C33H26F2N2O6S. The van der Waals surface area contributed by atoms with Gasteiger partial charge >= 0.3 is 0 Å². The summed E-state index contributed by atoms with van der Waals surface area (Å²) in [6.07, 6.45) is 1.07. The van der Waals surface area contributed by atoms with Crippen molar-refractivity contribution in [1.29, 1.82) is 0 Å². The highest BCUT2D eigenvalue weighted by atomic mass is 32.2. The Balaban J connectivity index is 1.64. The van der Waals surface area contributed by atoms with Gasteiger partial charge in [-0.2, -0.15) is 0 Å². The number of nitrogens with zero attached hydrogens (tertiary/aromatic N) is 1. The predicted molar refractivity (Wildman–Crippen MR) is 165 cm³/mol. The van der Waals surface area contributed by atoms with Crippen LogP contribution in [0.15, 0.2) is 87.7 Å². The number of rotatable bonds is 7. The second kappa shape index (κ2) is 10.8. The Morgan fingerprint density at radius 1 is 0.864 bits per heavy atom. The number of hydrogen-bond donors (Lipinski definition) is 1. The lowest BCUT2D eigenvalue weighted by atomic mass is 9.96. The number of carbonyl (C=O) groups excluding carboxylic acids is 1. The van der Waals surface area contributed by atoms with Crippen LogP contribution in [0.3, 0.4) is 0 Å². The molecule has 0 aliphatic heterocycles. The van der Waals surface area contributed by atoms with Gasteiger partial charge in [0.15, 0.2) is 0 Å². The largest absolute Gasteiger partial charge is 0.496 e. The third kappa shape index (κ3) is 4.94. The molecule has 6 aromatic rings. The number of furan rings is 2. The number of methoxy groups -OCH3 is 1. The van der Waals surface area contributed by atoms with E-state index in [2.05, 4.69) is 5.32 Å². The van der Waals surface area contributed by atoms with E-state index in [4.69, 9.17) is 13.6 Å². The zero-order valence-corrected chi connectivity index (χ0v) is 24.9. The molecule has 0 radical (unpaired) electrons. The van der Waals surface area contributed by atoms with Crippen LogP contribution in [0.25, 0.3) is 55.7 Å². The lowest BCUT2D eigenvalue weighted by Crippen LogP contribution is -2.25. The number of benzene rings is 4. The molecule has 6 rings (SSSR count). The van der Waals surface area contributed by atoms with E-state index < -0.39 is 27.6 Å². The molecule has 0 unspecified atom stereocenters. The van der Waals surface area contributed by atoms with Gasteiger partial charge in [-0.05, 0) is 66.2 Å². The van der Waals surface area contributed by atoms with Crippen LogP contribution < -0.4 is 14.4 Å². The van der Waals surface area contributed by atoms with Crippen molar-refractivity contribution in [2.45, 2.75) is 0 Å². The number of sulfonamides is 1. The predicted octanol–water partition coefficient (Wildman–Crippen LogP) is 7.22. The fourth-order valence-corrected chi connectivity index (χ4v) is 5.69. The third-order valence-electron chi connectivity index (χ3n) is 7.49. The van der Waals surface area contributed by atoms with Crippen molar-refractivity contribution in [2.75, 3.05) is 31.8 Å². The minimum atomic E-state index is -3.75. The van der Waals surface area contributed by atoms with Gasteiger partial charge in [-0.1, -0.05) is 12.1 Å². The van der Waals surface area contributed by atoms with E-state index in [1.54, 1.807) is 48.5 Å². The van der Waals surface area contributed by atoms with Crippen LogP contribution in [-0.2, 0) is 10.0 Å². The van der Waals surface area contributed by atoms with Crippen molar-refractivity contribution in [2.24, 2.45) is 0 Å². The molecule has 0 atom stereocenters. The van der Waals surface area contributed by atoms with Gasteiger partial charge in [-0.15, -0.1) is 0 Å². The molecule has 8 nitrogen and oxygen atoms in total. The molecule has 0 spiro atoms. The van der Waals surface area contributed by atoms with Crippen LogP contribution in [0.1, 0.15) is 10.4 Å². The van der Waals surface area contributed by atoms with E-state index in [0.717, 1.165) is 10.6 Å². The first-order valence-electron chi connectivity index (χ1n) is 13.4. The minimum absolute atomic E-state index is 0.198. The summed E-state index contributed by atoms with van der Waals surface area (Å²) in [5.41, 5.74) is 3.05. The molecule has 0 saturated heterocycles. The van der Waals surface area contributed by atoms with Crippen molar-refractivity contribution >= 4 is 43.6 Å². The van der Waals surface area contributed by atoms with Gasteiger partial charge in [0.25, 0.3) is 5.91 Å². The highest BCUT2D eigenvalue weighted by molar-refractivity contribution is 7.92. The number of fused-ring (bicyclic) bond motifs is 2. The second-order valence-electron chi connectivity index (χ2n) is 10.2. The molecule has 4 aromatic carbocycles. The average Bonchev–Trinajstić information content (AvgIpc) is 3.62. The van der Waals surface area contributed by atoms with Crippen LogP contribution in [-0.4, -0.2) is 41.8 Å². The standard InChI is InChI=1S/C33H26F2N2O6S/c1-36-33(38)31-24-15-21(19-10-13-27(41-3)23(14-19)29-16-22-25(35)6-5-7-28(22)42-29)26(37(2)44(4,39)40)17-30(24)43-32(31)18-8-11-20(34)12-9-18/h5-17H,1-4H3,(H,36,38). The van der Waals surface area contributed by atoms with E-state index in [0.29, 0.717) is 50.1 Å². The summed E-state index contributed by atoms with van der Waals surface area (Å²) in [5.74, 6) is -0.347. The van der Waals surface area contributed by atoms with Crippen molar-refractivity contribution in [3.63, 3.8) is 0 Å². The highest BCUT2D eigenvalue weighted by Gasteiger charge is 2.26. The molecule has 0 aliphatic carbocycles. The normalized spacial score (nSPS) is 11.7. The molecule has 11 heteroatoms. The van der Waals surface area contributed by atoms with Gasteiger partial charge in [0, 0.05) is 36.7 Å². The minimum Gasteiger partial charge on any atom is -0.496 e. The molecular weight excluding hydrogens is 590 g/mol. The highest BCUT2D eigenvalue weighted by Crippen LogP contribution is 2.44. The number of halogens is 2. The Bertz CT molecular complexity index is 2190. The Kier molecular flexibility index (Phi) is 7.13. The Morgan fingerprint density at radius 2 is 1.59 bits per heavy atom. The summed E-state index contributed by atoms with van der Waals surface area (Å²) in [5, 5.41) is 3.34. The molecule has 44 heavy (non-hydrogen) atoms. The maximum absolute atomic E-state index is 14.5. The van der Waals surface area contributed by atoms with Crippen LogP contribution in [0.4, 0.5) is 14.5 Å². The molecule has 0 saturated carbocycles. The quantitative estimate of drug-likeness (QED) is 0.203. The Morgan fingerprint density at radius 3 is 2.25 bits per heavy atom. The number of hydrogen-bond acceptors (Lipinski definition) is 6. The average molecular weight is 617 g/mol. The molecule has 0 fully saturated rings. The topological polar surface area (TPSA) is 102 Å². The van der Waals surface area contributed by atoms with E-state index in [1.807, 2.05) is 0 Å². The number of carbonyl (C=O) groups is 1. The number of nitrogens with one attached hydrogen (secondary N) is 1. The fraction of sp³-hybridized carbons (Fsp3) is 0.121. The van der Waals surface area contributed by atoms with Gasteiger partial charge in [0.1, 0.15) is 40.1 Å².